The first kappa shape index (κ1) is 37.1. The van der Waals surface area contributed by atoms with Gasteiger partial charge in [-0.3, -0.25) is 0 Å². The fourth-order valence-electron chi connectivity index (χ4n) is 17.6. The SMILES string of the molecule is c1ccc(N2c3ccccc3B3c4ccc(-n5c6ccc(C78CC9CC(CC(C9)C7)C8)cc6c6cc(C78CC9CC(CC(C9)C7)C8)ccc65)cc4N(c4ccccc4)c4cccc2c43)cc1. The largest absolute Gasteiger partial charge is 0.311 e. The lowest BCUT2D eigenvalue weighted by Gasteiger charge is -2.57. The van der Waals surface area contributed by atoms with Crippen molar-refractivity contribution < 1.29 is 0 Å². The molecule has 8 fully saturated rings. The van der Waals surface area contributed by atoms with E-state index in [0.29, 0.717) is 10.8 Å². The lowest BCUT2D eigenvalue weighted by atomic mass is 9.33. The average molecular weight is 854 g/mol. The Morgan fingerprint density at radius 3 is 1.32 bits per heavy atom. The Kier molecular flexibility index (Phi) is 7.50. The molecule has 8 aromatic rings. The van der Waals surface area contributed by atoms with Gasteiger partial charge in [0.15, 0.2) is 0 Å². The maximum absolute atomic E-state index is 2.73. The molecule has 3 nitrogen and oxygen atoms in total. The Hall–Kier alpha value is -6.00. The molecular formula is C62H56BN3. The zero-order chi connectivity index (χ0) is 42.9. The number of hydrogen-bond acceptors (Lipinski definition) is 2. The normalized spacial score (nSPS) is 29.4. The highest BCUT2D eigenvalue weighted by atomic mass is 15.2. The molecule has 0 N–H and O–H groups in total. The Morgan fingerprint density at radius 2 is 0.803 bits per heavy atom. The summed E-state index contributed by atoms with van der Waals surface area (Å²) in [6, 6.07) is 61.4. The van der Waals surface area contributed by atoms with Crippen molar-refractivity contribution in [3.8, 4) is 5.69 Å². The Bertz CT molecular complexity index is 3140. The molecule has 8 bridgehead atoms. The van der Waals surface area contributed by atoms with Crippen LogP contribution in [0.4, 0.5) is 34.1 Å². The average Bonchev–Trinajstić information content (AvgIpc) is 3.67. The Balaban J connectivity index is 0.915. The van der Waals surface area contributed by atoms with Crippen LogP contribution >= 0.6 is 0 Å². The molecule has 66 heavy (non-hydrogen) atoms. The number of anilines is 6. The van der Waals surface area contributed by atoms with Crippen molar-refractivity contribution in [2.45, 2.75) is 87.9 Å². The maximum Gasteiger partial charge on any atom is 0.252 e. The quantitative estimate of drug-likeness (QED) is 0.160. The minimum absolute atomic E-state index is 0.0974. The van der Waals surface area contributed by atoms with E-state index in [9.17, 15) is 0 Å². The van der Waals surface area contributed by atoms with E-state index in [1.54, 1.807) is 11.1 Å². The molecule has 7 aromatic carbocycles. The van der Waals surface area contributed by atoms with Crippen molar-refractivity contribution in [1.82, 2.24) is 4.57 Å². The standard InChI is InChI=1S/C62H56BN3/c1-3-10-47(11-4-1)64-56-15-8-7-14-52(56)63-53-21-20-49(32-59(53)65(48-12-5-2-6-13-48)58-17-9-16-57(64)60(58)63)66-54-22-18-45(61-33-39-24-40(34-61)26-41(25-39)35-61)30-50(54)51-31-46(19-23-55(51)66)62-36-42-27-43(37-62)29-44(28-42)38-62/h1-23,30-32,39-44H,24-29,33-38H2. The highest BCUT2D eigenvalue weighted by molar-refractivity contribution is 7.00. The topological polar surface area (TPSA) is 11.4 Å². The van der Waals surface area contributed by atoms with Crippen molar-refractivity contribution in [2.24, 2.45) is 35.5 Å². The lowest BCUT2D eigenvalue weighted by molar-refractivity contribution is -0.00528. The van der Waals surface area contributed by atoms with Gasteiger partial charge in [-0.2, -0.15) is 0 Å². The summed E-state index contributed by atoms with van der Waals surface area (Å²) in [6.07, 6.45) is 17.3. The summed E-state index contributed by atoms with van der Waals surface area (Å²) in [5.74, 6) is 5.57. The van der Waals surface area contributed by atoms with Crippen molar-refractivity contribution in [3.05, 3.63) is 169 Å². The van der Waals surface area contributed by atoms with E-state index < -0.39 is 0 Å². The fraction of sp³-hybridized carbons (Fsp3) is 0.323. The molecule has 1 aromatic heterocycles. The highest BCUT2D eigenvalue weighted by Crippen LogP contribution is 2.63. The lowest BCUT2D eigenvalue weighted by Crippen LogP contribution is -2.61. The third kappa shape index (κ3) is 5.11. The van der Waals surface area contributed by atoms with Crippen molar-refractivity contribution in [3.63, 3.8) is 0 Å². The molecule has 8 aliphatic carbocycles. The Labute approximate surface area is 389 Å². The first-order chi connectivity index (χ1) is 32.5. The number of hydrogen-bond donors (Lipinski definition) is 0. The zero-order valence-electron chi connectivity index (χ0n) is 37.9. The van der Waals surface area contributed by atoms with E-state index in [4.69, 9.17) is 0 Å². The van der Waals surface area contributed by atoms with E-state index in [2.05, 4.69) is 172 Å². The molecule has 0 saturated heterocycles. The number of rotatable bonds is 5. The third-order valence-corrected chi connectivity index (χ3v) is 19.2. The first-order valence-electron chi connectivity index (χ1n) is 25.7. The van der Waals surface area contributed by atoms with E-state index in [1.807, 2.05) is 0 Å². The molecule has 0 atom stereocenters. The molecule has 4 heteroatoms. The highest BCUT2D eigenvalue weighted by Gasteiger charge is 2.53. The van der Waals surface area contributed by atoms with Gasteiger partial charge in [0, 0.05) is 50.6 Å². The van der Waals surface area contributed by atoms with Crippen LogP contribution in [-0.4, -0.2) is 11.3 Å². The summed E-state index contributed by atoms with van der Waals surface area (Å²) in [7, 11) is 0. The second kappa shape index (κ2) is 13.3. The van der Waals surface area contributed by atoms with Crippen LogP contribution < -0.4 is 26.2 Å². The molecule has 3 heterocycles. The smallest absolute Gasteiger partial charge is 0.252 e. The van der Waals surface area contributed by atoms with Crippen molar-refractivity contribution in [1.29, 1.82) is 0 Å². The van der Waals surface area contributed by atoms with Crippen LogP contribution in [0.3, 0.4) is 0 Å². The molecule has 322 valence electrons. The van der Waals surface area contributed by atoms with Crippen LogP contribution in [0.5, 0.6) is 0 Å². The first-order valence-corrected chi connectivity index (χ1v) is 25.7. The molecule has 2 aliphatic heterocycles. The molecule has 0 unspecified atom stereocenters. The van der Waals surface area contributed by atoms with Crippen LogP contribution in [0.25, 0.3) is 27.5 Å². The second-order valence-corrected chi connectivity index (χ2v) is 23.0. The van der Waals surface area contributed by atoms with Gasteiger partial charge in [-0.05, 0) is 230 Å². The van der Waals surface area contributed by atoms with Gasteiger partial charge < -0.3 is 14.4 Å². The molecule has 0 spiro atoms. The van der Waals surface area contributed by atoms with Gasteiger partial charge >= 0.3 is 0 Å². The van der Waals surface area contributed by atoms with Gasteiger partial charge in [-0.25, -0.2) is 0 Å². The van der Waals surface area contributed by atoms with Gasteiger partial charge in [-0.1, -0.05) is 78.9 Å². The van der Waals surface area contributed by atoms with E-state index >= 15 is 0 Å². The molecule has 18 rings (SSSR count). The van der Waals surface area contributed by atoms with E-state index in [-0.39, 0.29) is 6.71 Å². The van der Waals surface area contributed by atoms with Gasteiger partial charge in [0.05, 0.1) is 11.0 Å². The van der Waals surface area contributed by atoms with Crippen LogP contribution in [0.2, 0.25) is 0 Å². The molecule has 10 aliphatic rings. The second-order valence-electron chi connectivity index (χ2n) is 23.0. The minimum Gasteiger partial charge on any atom is -0.311 e. The predicted molar refractivity (Wildman–Crippen MR) is 275 cm³/mol. The van der Waals surface area contributed by atoms with E-state index in [1.165, 1.54) is 155 Å². The number of benzene rings is 7. The maximum atomic E-state index is 2.73. The van der Waals surface area contributed by atoms with Crippen LogP contribution in [0.1, 0.15) is 88.2 Å². The predicted octanol–water partition coefficient (Wildman–Crippen LogP) is 13.8. The molecule has 0 amide bonds. The number of nitrogens with zero attached hydrogens (tertiary/aromatic N) is 3. The summed E-state index contributed by atoms with van der Waals surface area (Å²) >= 11 is 0. The minimum atomic E-state index is 0.0974. The van der Waals surface area contributed by atoms with Crippen molar-refractivity contribution in [2.75, 3.05) is 9.80 Å². The summed E-state index contributed by atoms with van der Waals surface area (Å²) in [6.45, 7) is 0.0974. The van der Waals surface area contributed by atoms with Gasteiger partial charge in [-0.15, -0.1) is 0 Å². The summed E-state index contributed by atoms with van der Waals surface area (Å²) in [4.78, 5) is 5.05. The summed E-state index contributed by atoms with van der Waals surface area (Å²) in [5.41, 5.74) is 19.4. The summed E-state index contributed by atoms with van der Waals surface area (Å²) < 4.78 is 2.65. The fourth-order valence-corrected chi connectivity index (χ4v) is 17.6. The van der Waals surface area contributed by atoms with Crippen LogP contribution in [-0.2, 0) is 10.8 Å². The Morgan fingerprint density at radius 1 is 0.364 bits per heavy atom. The monoisotopic (exact) mass is 853 g/mol. The number of para-hydroxylation sites is 3. The van der Waals surface area contributed by atoms with Gasteiger partial charge in [0.2, 0.25) is 0 Å². The molecular weight excluding hydrogens is 798 g/mol. The number of aromatic nitrogens is 1. The third-order valence-electron chi connectivity index (χ3n) is 19.2. The molecule has 8 saturated carbocycles. The van der Waals surface area contributed by atoms with Gasteiger partial charge in [0.25, 0.3) is 6.71 Å². The zero-order valence-corrected chi connectivity index (χ0v) is 37.9. The van der Waals surface area contributed by atoms with Gasteiger partial charge in [0.1, 0.15) is 0 Å². The van der Waals surface area contributed by atoms with Crippen LogP contribution in [0, 0.1) is 35.5 Å². The van der Waals surface area contributed by atoms with Crippen molar-refractivity contribution >= 4 is 79.0 Å². The van der Waals surface area contributed by atoms with Crippen LogP contribution in [0.15, 0.2) is 158 Å². The summed E-state index contributed by atoms with van der Waals surface area (Å²) in [5, 5.41) is 2.94. The number of fused-ring (bicyclic) bond motifs is 7. The van der Waals surface area contributed by atoms with E-state index in [0.717, 1.165) is 35.5 Å². The molecule has 0 radical (unpaired) electrons.